The minimum atomic E-state index is -0.106. The number of ether oxygens (including phenoxy) is 1. The quantitative estimate of drug-likeness (QED) is 0.834. The van der Waals surface area contributed by atoms with Gasteiger partial charge in [0, 0.05) is 17.4 Å². The lowest BCUT2D eigenvalue weighted by Crippen LogP contribution is -2.43. The number of carbonyl (C=O) groups excluding carboxylic acids is 2. The molecule has 0 aliphatic heterocycles. The molecule has 0 heterocycles. The molecule has 4 atom stereocenters. The molecule has 0 radical (unpaired) electrons. The molecule has 0 N–H and O–H groups in total. The Morgan fingerprint density at radius 3 is 2.86 bits per heavy atom. The van der Waals surface area contributed by atoms with Crippen LogP contribution in [0.4, 0.5) is 0 Å². The highest BCUT2D eigenvalue weighted by molar-refractivity contribution is 6.18. The fourth-order valence-corrected chi connectivity index (χ4v) is 5.06. The summed E-state index contributed by atoms with van der Waals surface area (Å²) in [6, 6.07) is 5.43. The SMILES string of the molecule is CCOc1cccc2c1C(=O)C1C3CCC(C)(C3)C1C2=O. The van der Waals surface area contributed by atoms with E-state index >= 15 is 0 Å². The van der Waals surface area contributed by atoms with Gasteiger partial charge >= 0.3 is 0 Å². The van der Waals surface area contributed by atoms with Crippen LogP contribution < -0.4 is 4.74 Å². The van der Waals surface area contributed by atoms with Crippen molar-refractivity contribution < 1.29 is 14.3 Å². The molecule has 1 aromatic carbocycles. The van der Waals surface area contributed by atoms with Gasteiger partial charge in [-0.1, -0.05) is 19.1 Å². The third-order valence-electron chi connectivity index (χ3n) is 5.86. The van der Waals surface area contributed by atoms with E-state index in [-0.39, 0.29) is 28.8 Å². The van der Waals surface area contributed by atoms with Gasteiger partial charge < -0.3 is 4.74 Å². The van der Waals surface area contributed by atoms with Crippen LogP contribution >= 0.6 is 0 Å². The molecule has 3 aliphatic rings. The van der Waals surface area contributed by atoms with E-state index in [1.54, 1.807) is 6.07 Å². The second-order valence-corrected chi connectivity index (χ2v) is 7.00. The van der Waals surface area contributed by atoms with Crippen LogP contribution in [-0.2, 0) is 0 Å². The molecule has 3 aliphatic carbocycles. The second kappa shape index (κ2) is 4.19. The first kappa shape index (κ1) is 13.1. The average molecular weight is 284 g/mol. The van der Waals surface area contributed by atoms with Crippen molar-refractivity contribution >= 4 is 11.6 Å². The maximum Gasteiger partial charge on any atom is 0.171 e. The van der Waals surface area contributed by atoms with Crippen LogP contribution in [0.2, 0.25) is 0 Å². The van der Waals surface area contributed by atoms with Gasteiger partial charge in [-0.2, -0.15) is 0 Å². The van der Waals surface area contributed by atoms with Crippen molar-refractivity contribution in [3.05, 3.63) is 29.3 Å². The highest BCUT2D eigenvalue weighted by Gasteiger charge is 2.62. The van der Waals surface area contributed by atoms with Gasteiger partial charge in [-0.15, -0.1) is 0 Å². The molecule has 2 fully saturated rings. The van der Waals surface area contributed by atoms with Crippen LogP contribution in [0.25, 0.3) is 0 Å². The van der Waals surface area contributed by atoms with Crippen molar-refractivity contribution in [1.29, 1.82) is 0 Å². The maximum atomic E-state index is 13.0. The third-order valence-corrected chi connectivity index (χ3v) is 5.86. The molecule has 2 bridgehead atoms. The molecule has 1 aromatic rings. The Hall–Kier alpha value is -1.64. The first-order valence-electron chi connectivity index (χ1n) is 7.91. The van der Waals surface area contributed by atoms with Gasteiger partial charge in [0.05, 0.1) is 12.2 Å². The van der Waals surface area contributed by atoms with E-state index in [0.717, 1.165) is 19.3 Å². The van der Waals surface area contributed by atoms with E-state index in [4.69, 9.17) is 4.74 Å². The third kappa shape index (κ3) is 1.55. The second-order valence-electron chi connectivity index (χ2n) is 7.00. The predicted molar refractivity (Wildman–Crippen MR) is 78.7 cm³/mol. The molecule has 0 saturated heterocycles. The van der Waals surface area contributed by atoms with Crippen LogP contribution in [0.5, 0.6) is 5.75 Å². The summed E-state index contributed by atoms with van der Waals surface area (Å²) in [5.74, 6) is 1.07. The average Bonchev–Trinajstić information content (AvgIpc) is 2.98. The smallest absolute Gasteiger partial charge is 0.171 e. The van der Waals surface area contributed by atoms with Crippen molar-refractivity contribution in [2.24, 2.45) is 23.2 Å². The number of fused-ring (bicyclic) bond motifs is 6. The van der Waals surface area contributed by atoms with Gasteiger partial charge in [0.15, 0.2) is 11.6 Å². The largest absolute Gasteiger partial charge is 0.493 e. The standard InChI is InChI=1S/C18H20O3/c1-3-21-12-6-4-5-11-14(12)17(20)13-10-7-8-18(2,9-10)15(13)16(11)19/h4-6,10,13,15H,3,7-9H2,1-2H3. The van der Waals surface area contributed by atoms with Gasteiger partial charge in [-0.05, 0) is 43.6 Å². The number of rotatable bonds is 2. The summed E-state index contributed by atoms with van der Waals surface area (Å²) in [6.45, 7) is 4.60. The van der Waals surface area contributed by atoms with Crippen molar-refractivity contribution in [3.63, 3.8) is 0 Å². The van der Waals surface area contributed by atoms with E-state index in [2.05, 4.69) is 6.92 Å². The molecule has 0 aromatic heterocycles. The van der Waals surface area contributed by atoms with Crippen LogP contribution in [0.3, 0.4) is 0 Å². The van der Waals surface area contributed by atoms with Crippen molar-refractivity contribution in [2.75, 3.05) is 6.61 Å². The summed E-state index contributed by atoms with van der Waals surface area (Å²) in [7, 11) is 0. The zero-order valence-corrected chi connectivity index (χ0v) is 12.5. The summed E-state index contributed by atoms with van der Waals surface area (Å²) in [5, 5.41) is 0. The number of benzene rings is 1. The molecule has 0 amide bonds. The Kier molecular flexibility index (Phi) is 2.60. The Balaban J connectivity index is 1.89. The summed E-state index contributed by atoms with van der Waals surface area (Å²) < 4.78 is 5.60. The first-order valence-corrected chi connectivity index (χ1v) is 7.91. The highest BCUT2D eigenvalue weighted by Crippen LogP contribution is 2.63. The molecular weight excluding hydrogens is 264 g/mol. The molecular formula is C18H20O3. The maximum absolute atomic E-state index is 13.0. The molecule has 21 heavy (non-hydrogen) atoms. The molecule has 4 unspecified atom stereocenters. The van der Waals surface area contributed by atoms with Gasteiger partial charge in [0.2, 0.25) is 0 Å². The normalized spacial score (nSPS) is 36.6. The number of Topliss-reactive ketones (excluding diaryl/α,β-unsaturated/α-hetero) is 2. The zero-order chi connectivity index (χ0) is 14.8. The van der Waals surface area contributed by atoms with E-state index < -0.39 is 0 Å². The lowest BCUT2D eigenvalue weighted by atomic mass is 9.62. The van der Waals surface area contributed by atoms with Crippen LogP contribution in [-0.4, -0.2) is 18.2 Å². The van der Waals surface area contributed by atoms with Crippen molar-refractivity contribution in [3.8, 4) is 5.75 Å². The minimum Gasteiger partial charge on any atom is -0.493 e. The molecule has 4 rings (SSSR count). The van der Waals surface area contributed by atoms with Crippen LogP contribution in [0, 0.1) is 23.2 Å². The van der Waals surface area contributed by atoms with Crippen molar-refractivity contribution in [2.45, 2.75) is 33.1 Å². The molecule has 0 spiro atoms. The number of hydrogen-bond donors (Lipinski definition) is 0. The van der Waals surface area contributed by atoms with E-state index in [1.807, 2.05) is 19.1 Å². The monoisotopic (exact) mass is 284 g/mol. The number of ketones is 2. The summed E-state index contributed by atoms with van der Waals surface area (Å²) in [4.78, 5) is 26.0. The van der Waals surface area contributed by atoms with Crippen LogP contribution in [0.15, 0.2) is 18.2 Å². The summed E-state index contributed by atoms with van der Waals surface area (Å²) in [5.41, 5.74) is 1.16. The van der Waals surface area contributed by atoms with E-state index in [0.29, 0.717) is 29.4 Å². The van der Waals surface area contributed by atoms with Gasteiger partial charge in [-0.25, -0.2) is 0 Å². The molecule has 3 heteroatoms. The lowest BCUT2D eigenvalue weighted by Gasteiger charge is -2.39. The highest BCUT2D eigenvalue weighted by atomic mass is 16.5. The predicted octanol–water partition coefficient (Wildman–Crippen LogP) is 3.52. The fraction of sp³-hybridized carbons (Fsp3) is 0.556. The van der Waals surface area contributed by atoms with Gasteiger partial charge in [0.25, 0.3) is 0 Å². The molecule has 110 valence electrons. The zero-order valence-electron chi connectivity index (χ0n) is 12.5. The van der Waals surface area contributed by atoms with E-state index in [9.17, 15) is 9.59 Å². The Bertz CT molecular complexity index is 648. The molecule has 2 saturated carbocycles. The first-order chi connectivity index (χ1) is 10.1. The summed E-state index contributed by atoms with van der Waals surface area (Å²) in [6.07, 6.45) is 3.19. The van der Waals surface area contributed by atoms with Gasteiger partial charge in [-0.3, -0.25) is 9.59 Å². The Labute approximate surface area is 124 Å². The van der Waals surface area contributed by atoms with Crippen molar-refractivity contribution in [1.82, 2.24) is 0 Å². The Morgan fingerprint density at radius 1 is 1.29 bits per heavy atom. The minimum absolute atomic E-state index is 0.0292. The molecule has 3 nitrogen and oxygen atoms in total. The Morgan fingerprint density at radius 2 is 2.10 bits per heavy atom. The lowest BCUT2D eigenvalue weighted by molar-refractivity contribution is 0.0569. The topological polar surface area (TPSA) is 43.4 Å². The number of hydrogen-bond acceptors (Lipinski definition) is 3. The fourth-order valence-electron chi connectivity index (χ4n) is 5.06. The van der Waals surface area contributed by atoms with E-state index in [1.165, 1.54) is 0 Å². The number of carbonyl (C=O) groups is 2. The van der Waals surface area contributed by atoms with Crippen LogP contribution in [0.1, 0.15) is 53.8 Å². The van der Waals surface area contributed by atoms with Gasteiger partial charge in [0.1, 0.15) is 5.75 Å². The summed E-state index contributed by atoms with van der Waals surface area (Å²) >= 11 is 0.